The molecule has 2 aromatic rings. The highest BCUT2D eigenvalue weighted by atomic mass is 32.2. The van der Waals surface area contributed by atoms with Crippen LogP contribution in [0.1, 0.15) is 18.9 Å². The first-order valence-electron chi connectivity index (χ1n) is 6.40. The Morgan fingerprint density at radius 3 is 2.90 bits per heavy atom. The average Bonchev–Trinajstić information content (AvgIpc) is 2.49. The lowest BCUT2D eigenvalue weighted by molar-refractivity contribution is 0.413. The number of hydrazine groups is 1. The molecule has 6 heteroatoms. The molecule has 0 amide bonds. The molecule has 1 aromatic heterocycles. The molecule has 3 N–H and O–H groups in total. The topological polar surface area (TPSA) is 73.1 Å². The summed E-state index contributed by atoms with van der Waals surface area (Å²) in [5, 5.41) is 0.919. The lowest BCUT2D eigenvalue weighted by atomic mass is 10.2. The molecule has 0 spiro atoms. The van der Waals surface area contributed by atoms with Gasteiger partial charge in [0.05, 0.1) is 7.11 Å². The summed E-state index contributed by atoms with van der Waals surface area (Å²) in [4.78, 5) is 9.61. The second-order valence-corrected chi connectivity index (χ2v) is 5.24. The number of methoxy groups -OCH3 is 1. The van der Waals surface area contributed by atoms with E-state index in [9.17, 15) is 0 Å². The van der Waals surface area contributed by atoms with E-state index in [4.69, 9.17) is 10.6 Å². The number of nitrogens with two attached hydrogens (primary N) is 1. The van der Waals surface area contributed by atoms with Crippen LogP contribution in [-0.4, -0.2) is 17.1 Å². The first-order valence-corrected chi connectivity index (χ1v) is 7.22. The third kappa shape index (κ3) is 3.40. The number of hydrogen-bond acceptors (Lipinski definition) is 6. The molecule has 0 aliphatic carbocycles. The van der Waals surface area contributed by atoms with Crippen LogP contribution in [0.25, 0.3) is 0 Å². The number of anilines is 1. The van der Waals surface area contributed by atoms with E-state index < -0.39 is 0 Å². The quantitative estimate of drug-likeness (QED) is 0.484. The highest BCUT2D eigenvalue weighted by Crippen LogP contribution is 2.33. The third-order valence-corrected chi connectivity index (χ3v) is 3.83. The van der Waals surface area contributed by atoms with Crippen molar-refractivity contribution < 1.29 is 4.74 Å². The fourth-order valence-electron chi connectivity index (χ4n) is 1.86. The molecule has 0 fully saturated rings. The summed E-state index contributed by atoms with van der Waals surface area (Å²) in [5.74, 6) is 7.04. The van der Waals surface area contributed by atoms with Gasteiger partial charge in [0.2, 0.25) is 0 Å². The van der Waals surface area contributed by atoms with Gasteiger partial charge in [-0.2, -0.15) is 0 Å². The Balaban J connectivity index is 2.32. The summed E-state index contributed by atoms with van der Waals surface area (Å²) < 4.78 is 5.24. The lowest BCUT2D eigenvalue weighted by Gasteiger charge is -2.11. The highest BCUT2D eigenvalue weighted by molar-refractivity contribution is 7.99. The van der Waals surface area contributed by atoms with Crippen LogP contribution in [0.3, 0.4) is 0 Å². The van der Waals surface area contributed by atoms with Gasteiger partial charge in [0.25, 0.3) is 0 Å². The molecule has 0 saturated heterocycles. The van der Waals surface area contributed by atoms with Crippen LogP contribution in [0, 0.1) is 0 Å². The van der Waals surface area contributed by atoms with E-state index in [1.807, 2.05) is 24.3 Å². The number of nitrogens with zero attached hydrogens (tertiary/aromatic N) is 2. The average molecular weight is 290 g/mol. The molecular formula is C14H18N4OS. The predicted molar refractivity (Wildman–Crippen MR) is 81.0 cm³/mol. The zero-order valence-electron chi connectivity index (χ0n) is 11.6. The van der Waals surface area contributed by atoms with Gasteiger partial charge in [0, 0.05) is 10.5 Å². The number of hydrogen-bond donors (Lipinski definition) is 2. The number of rotatable bonds is 6. The Morgan fingerprint density at radius 2 is 2.20 bits per heavy atom. The zero-order valence-corrected chi connectivity index (χ0v) is 12.4. The van der Waals surface area contributed by atoms with Gasteiger partial charge in [-0.1, -0.05) is 31.2 Å². The summed E-state index contributed by atoms with van der Waals surface area (Å²) >= 11 is 1.59. The number of benzene rings is 1. The van der Waals surface area contributed by atoms with Crippen molar-refractivity contribution in [3.05, 3.63) is 36.2 Å². The predicted octanol–water partition coefficient (Wildman–Crippen LogP) is 2.87. The molecule has 0 saturated carbocycles. The minimum Gasteiger partial charge on any atom is -0.497 e. The maximum atomic E-state index is 5.52. The summed E-state index contributed by atoms with van der Waals surface area (Å²) in [5.41, 5.74) is 3.69. The lowest BCUT2D eigenvalue weighted by Crippen LogP contribution is -2.12. The number of ether oxygens (including phenoxy) is 1. The normalized spacial score (nSPS) is 10.3. The first kappa shape index (κ1) is 14.6. The number of nitrogens with one attached hydrogen (secondary N) is 1. The fraction of sp³-hybridized carbons (Fsp3) is 0.286. The zero-order chi connectivity index (χ0) is 14.4. The molecule has 0 unspecified atom stereocenters. The minimum absolute atomic E-state index is 0.687. The highest BCUT2D eigenvalue weighted by Gasteiger charge is 2.11. The van der Waals surface area contributed by atoms with Crippen molar-refractivity contribution >= 4 is 17.6 Å². The van der Waals surface area contributed by atoms with Gasteiger partial charge in [-0.05, 0) is 24.6 Å². The van der Waals surface area contributed by atoms with Crippen LogP contribution >= 0.6 is 11.8 Å². The molecule has 1 heterocycles. The van der Waals surface area contributed by atoms with Crippen molar-refractivity contribution in [2.45, 2.75) is 29.7 Å². The maximum Gasteiger partial charge on any atom is 0.147 e. The smallest absolute Gasteiger partial charge is 0.147 e. The Morgan fingerprint density at radius 1 is 1.35 bits per heavy atom. The van der Waals surface area contributed by atoms with E-state index in [1.54, 1.807) is 18.9 Å². The SMILES string of the molecule is CCCc1c(NN)ncnc1Sc1cccc(OC)c1. The Bertz CT molecular complexity index is 577. The molecule has 20 heavy (non-hydrogen) atoms. The second kappa shape index (κ2) is 7.12. The van der Waals surface area contributed by atoms with Crippen molar-refractivity contribution in [3.8, 4) is 5.75 Å². The Labute approximate surface area is 122 Å². The van der Waals surface area contributed by atoms with Crippen LogP contribution in [0.4, 0.5) is 5.82 Å². The van der Waals surface area contributed by atoms with Crippen molar-refractivity contribution in [2.24, 2.45) is 5.84 Å². The van der Waals surface area contributed by atoms with Gasteiger partial charge in [0.15, 0.2) is 0 Å². The van der Waals surface area contributed by atoms with Gasteiger partial charge in [-0.25, -0.2) is 15.8 Å². The third-order valence-electron chi connectivity index (χ3n) is 2.80. The second-order valence-electron chi connectivity index (χ2n) is 4.18. The molecule has 1 aromatic carbocycles. The molecule has 0 aliphatic heterocycles. The molecular weight excluding hydrogens is 272 g/mol. The molecule has 0 atom stereocenters. The van der Waals surface area contributed by atoms with Gasteiger partial charge in [0.1, 0.15) is 22.9 Å². The van der Waals surface area contributed by atoms with Crippen LogP contribution in [0.2, 0.25) is 0 Å². The van der Waals surface area contributed by atoms with E-state index in [0.717, 1.165) is 34.1 Å². The van der Waals surface area contributed by atoms with Gasteiger partial charge >= 0.3 is 0 Å². The molecule has 0 bridgehead atoms. The molecule has 5 nitrogen and oxygen atoms in total. The van der Waals surface area contributed by atoms with Gasteiger partial charge < -0.3 is 10.2 Å². The van der Waals surface area contributed by atoms with E-state index in [2.05, 4.69) is 22.3 Å². The van der Waals surface area contributed by atoms with Crippen LogP contribution in [-0.2, 0) is 6.42 Å². The molecule has 0 aliphatic rings. The van der Waals surface area contributed by atoms with Crippen LogP contribution in [0.5, 0.6) is 5.75 Å². The summed E-state index contributed by atoms with van der Waals surface area (Å²) in [6.07, 6.45) is 3.41. The Hall–Kier alpha value is -1.79. The fourth-order valence-corrected chi connectivity index (χ4v) is 2.83. The monoisotopic (exact) mass is 290 g/mol. The van der Waals surface area contributed by atoms with Crippen molar-refractivity contribution in [1.29, 1.82) is 0 Å². The number of aromatic nitrogens is 2. The summed E-state index contributed by atoms with van der Waals surface area (Å²) in [6, 6.07) is 7.90. The van der Waals surface area contributed by atoms with E-state index in [-0.39, 0.29) is 0 Å². The van der Waals surface area contributed by atoms with E-state index in [0.29, 0.717) is 5.82 Å². The maximum absolute atomic E-state index is 5.52. The largest absolute Gasteiger partial charge is 0.497 e. The van der Waals surface area contributed by atoms with Crippen molar-refractivity contribution in [2.75, 3.05) is 12.5 Å². The van der Waals surface area contributed by atoms with E-state index in [1.165, 1.54) is 6.33 Å². The Kier molecular flexibility index (Phi) is 5.20. The minimum atomic E-state index is 0.687. The molecule has 2 rings (SSSR count). The molecule has 0 radical (unpaired) electrons. The van der Waals surface area contributed by atoms with Crippen molar-refractivity contribution in [1.82, 2.24) is 9.97 Å². The van der Waals surface area contributed by atoms with Crippen LogP contribution in [0.15, 0.2) is 40.5 Å². The summed E-state index contributed by atoms with van der Waals surface area (Å²) in [6.45, 7) is 2.12. The van der Waals surface area contributed by atoms with Gasteiger partial charge in [-0.15, -0.1) is 0 Å². The summed E-state index contributed by atoms with van der Waals surface area (Å²) in [7, 11) is 1.66. The molecule has 106 valence electrons. The number of nitrogen functional groups attached to an aromatic ring is 1. The van der Waals surface area contributed by atoms with Crippen LogP contribution < -0.4 is 16.0 Å². The standard InChI is InChI=1S/C14H18N4OS/c1-3-5-12-13(18-15)16-9-17-14(12)20-11-7-4-6-10(8-11)19-2/h4,6-9H,3,5,15H2,1-2H3,(H,16,17,18). The van der Waals surface area contributed by atoms with Gasteiger partial charge in [-0.3, -0.25) is 0 Å². The van der Waals surface area contributed by atoms with E-state index >= 15 is 0 Å². The van der Waals surface area contributed by atoms with Crippen molar-refractivity contribution in [3.63, 3.8) is 0 Å². The first-order chi connectivity index (χ1) is 9.78.